The lowest BCUT2D eigenvalue weighted by Gasteiger charge is -2.24. The second kappa shape index (κ2) is 6.18. The van der Waals surface area contributed by atoms with E-state index in [1.807, 2.05) is 4.90 Å². The SMILES string of the molecule is CCCNc1ncnc(N2CCCC2C(N)=O)c1Br. The molecule has 0 aliphatic carbocycles. The number of nitrogens with one attached hydrogen (secondary N) is 1. The lowest BCUT2D eigenvalue weighted by Crippen LogP contribution is -2.41. The van der Waals surface area contributed by atoms with Gasteiger partial charge >= 0.3 is 0 Å². The molecule has 2 rings (SSSR count). The molecule has 0 aromatic carbocycles. The number of aromatic nitrogens is 2. The number of rotatable bonds is 5. The number of primary amides is 1. The van der Waals surface area contributed by atoms with E-state index in [-0.39, 0.29) is 11.9 Å². The highest BCUT2D eigenvalue weighted by Gasteiger charge is 2.31. The molecule has 1 saturated heterocycles. The van der Waals surface area contributed by atoms with E-state index in [1.165, 1.54) is 6.33 Å². The van der Waals surface area contributed by atoms with Crippen LogP contribution in [0.1, 0.15) is 26.2 Å². The lowest BCUT2D eigenvalue weighted by molar-refractivity contribution is -0.119. The Bertz CT molecular complexity index is 467. The Morgan fingerprint density at radius 1 is 1.63 bits per heavy atom. The first kappa shape index (κ1) is 14.0. The number of hydrogen-bond acceptors (Lipinski definition) is 5. The Labute approximate surface area is 120 Å². The molecule has 0 radical (unpaired) electrons. The van der Waals surface area contributed by atoms with Crippen LogP contribution in [-0.4, -0.2) is 35.0 Å². The fourth-order valence-electron chi connectivity index (χ4n) is 2.24. The van der Waals surface area contributed by atoms with Crippen molar-refractivity contribution in [1.29, 1.82) is 0 Å². The Balaban J connectivity index is 2.26. The van der Waals surface area contributed by atoms with Crippen molar-refractivity contribution >= 4 is 33.5 Å². The first-order valence-corrected chi connectivity index (χ1v) is 7.24. The zero-order chi connectivity index (χ0) is 13.8. The number of nitrogens with two attached hydrogens (primary N) is 1. The van der Waals surface area contributed by atoms with Crippen molar-refractivity contribution in [3.8, 4) is 0 Å². The molecule has 6 nitrogen and oxygen atoms in total. The molecule has 1 aliphatic rings. The Hall–Kier alpha value is -1.37. The largest absolute Gasteiger partial charge is 0.369 e. The van der Waals surface area contributed by atoms with Crippen molar-refractivity contribution in [2.75, 3.05) is 23.3 Å². The van der Waals surface area contributed by atoms with E-state index in [0.29, 0.717) is 0 Å². The van der Waals surface area contributed by atoms with Gasteiger partial charge in [0.2, 0.25) is 5.91 Å². The van der Waals surface area contributed by atoms with Crippen molar-refractivity contribution in [3.05, 3.63) is 10.8 Å². The monoisotopic (exact) mass is 327 g/mol. The normalized spacial score (nSPS) is 18.6. The van der Waals surface area contributed by atoms with Crippen molar-refractivity contribution in [3.63, 3.8) is 0 Å². The number of carbonyl (C=O) groups excluding carboxylic acids is 1. The third kappa shape index (κ3) is 2.97. The first-order chi connectivity index (χ1) is 9.15. The Morgan fingerprint density at radius 3 is 3.11 bits per heavy atom. The second-order valence-corrected chi connectivity index (χ2v) is 5.33. The summed E-state index contributed by atoms with van der Waals surface area (Å²) in [6.07, 6.45) is 4.25. The predicted octanol–water partition coefficient (Wildman–Crippen LogP) is 1.52. The van der Waals surface area contributed by atoms with Crippen molar-refractivity contribution in [1.82, 2.24) is 9.97 Å². The Morgan fingerprint density at radius 2 is 2.42 bits per heavy atom. The average Bonchev–Trinajstić information content (AvgIpc) is 2.87. The number of carbonyl (C=O) groups is 1. The highest BCUT2D eigenvalue weighted by molar-refractivity contribution is 9.10. The van der Waals surface area contributed by atoms with E-state index in [2.05, 4.69) is 38.1 Å². The van der Waals surface area contributed by atoms with Gasteiger partial charge in [-0.3, -0.25) is 4.79 Å². The zero-order valence-electron chi connectivity index (χ0n) is 10.9. The molecule has 1 amide bonds. The summed E-state index contributed by atoms with van der Waals surface area (Å²) in [6.45, 7) is 3.72. The zero-order valence-corrected chi connectivity index (χ0v) is 12.5. The highest BCUT2D eigenvalue weighted by atomic mass is 79.9. The molecule has 3 N–H and O–H groups in total. The number of halogens is 1. The van der Waals surface area contributed by atoms with Gasteiger partial charge in [-0.2, -0.15) is 0 Å². The third-order valence-electron chi connectivity index (χ3n) is 3.17. The number of amides is 1. The van der Waals surface area contributed by atoms with Gasteiger partial charge in [-0.1, -0.05) is 6.92 Å². The van der Waals surface area contributed by atoms with Crippen molar-refractivity contribution in [2.24, 2.45) is 5.73 Å². The molecule has 0 bridgehead atoms. The van der Waals surface area contributed by atoms with Crippen LogP contribution < -0.4 is 16.0 Å². The lowest BCUT2D eigenvalue weighted by atomic mass is 10.2. The summed E-state index contributed by atoms with van der Waals surface area (Å²) in [6, 6.07) is -0.273. The summed E-state index contributed by atoms with van der Waals surface area (Å²) in [5.41, 5.74) is 5.44. The quantitative estimate of drug-likeness (QED) is 0.856. The predicted molar refractivity (Wildman–Crippen MR) is 78.1 cm³/mol. The van der Waals surface area contributed by atoms with E-state index in [0.717, 1.165) is 48.5 Å². The molecular weight excluding hydrogens is 310 g/mol. The average molecular weight is 328 g/mol. The summed E-state index contributed by atoms with van der Waals surface area (Å²) >= 11 is 3.52. The van der Waals surface area contributed by atoms with Crippen LogP contribution in [0.2, 0.25) is 0 Å². The number of hydrogen-bond donors (Lipinski definition) is 2. The van der Waals surface area contributed by atoms with Crippen molar-refractivity contribution < 1.29 is 4.79 Å². The van der Waals surface area contributed by atoms with Gasteiger partial charge in [0.1, 0.15) is 28.5 Å². The standard InChI is InChI=1S/C12H18BrN5O/c1-2-5-15-11-9(13)12(17-7-16-11)18-6-3-4-8(18)10(14)19/h7-8H,2-6H2,1H3,(H2,14,19)(H,15,16,17). The summed E-state index contributed by atoms with van der Waals surface area (Å²) in [5.74, 6) is 1.18. The van der Waals surface area contributed by atoms with E-state index < -0.39 is 0 Å². The van der Waals surface area contributed by atoms with Crippen LogP contribution in [0.4, 0.5) is 11.6 Å². The van der Waals surface area contributed by atoms with Gasteiger partial charge in [-0.15, -0.1) is 0 Å². The van der Waals surface area contributed by atoms with E-state index in [1.54, 1.807) is 0 Å². The minimum absolute atomic E-state index is 0.273. The van der Waals surface area contributed by atoms with Crippen LogP contribution in [0, 0.1) is 0 Å². The summed E-state index contributed by atoms with van der Waals surface area (Å²) < 4.78 is 0.789. The Kier molecular flexibility index (Phi) is 4.57. The smallest absolute Gasteiger partial charge is 0.240 e. The molecule has 0 spiro atoms. The summed E-state index contributed by atoms with van der Waals surface area (Å²) in [5, 5.41) is 3.23. The maximum atomic E-state index is 11.5. The molecule has 1 aliphatic heterocycles. The van der Waals surface area contributed by atoms with Crippen LogP contribution in [0.5, 0.6) is 0 Å². The topological polar surface area (TPSA) is 84.1 Å². The minimum Gasteiger partial charge on any atom is -0.369 e. The molecule has 1 unspecified atom stereocenters. The third-order valence-corrected chi connectivity index (χ3v) is 3.90. The fourth-order valence-corrected chi connectivity index (χ4v) is 2.82. The number of nitrogens with zero attached hydrogens (tertiary/aromatic N) is 3. The summed E-state index contributed by atoms with van der Waals surface area (Å²) in [7, 11) is 0. The number of anilines is 2. The molecule has 0 saturated carbocycles. The maximum absolute atomic E-state index is 11.5. The van der Waals surface area contributed by atoms with Gasteiger partial charge in [-0.25, -0.2) is 9.97 Å². The fraction of sp³-hybridized carbons (Fsp3) is 0.583. The summed E-state index contributed by atoms with van der Waals surface area (Å²) in [4.78, 5) is 21.9. The molecule has 1 aromatic heterocycles. The van der Waals surface area contributed by atoms with Gasteiger partial charge in [0, 0.05) is 13.1 Å². The van der Waals surface area contributed by atoms with Crippen LogP contribution >= 0.6 is 15.9 Å². The minimum atomic E-state index is -0.300. The maximum Gasteiger partial charge on any atom is 0.240 e. The van der Waals surface area contributed by atoms with Gasteiger partial charge in [-0.05, 0) is 35.2 Å². The van der Waals surface area contributed by atoms with E-state index >= 15 is 0 Å². The first-order valence-electron chi connectivity index (χ1n) is 6.45. The molecule has 2 heterocycles. The van der Waals surface area contributed by atoms with E-state index in [9.17, 15) is 4.79 Å². The second-order valence-electron chi connectivity index (χ2n) is 4.54. The van der Waals surface area contributed by atoms with Gasteiger partial charge in [0.05, 0.1) is 0 Å². The van der Waals surface area contributed by atoms with E-state index in [4.69, 9.17) is 5.73 Å². The molecule has 19 heavy (non-hydrogen) atoms. The van der Waals surface area contributed by atoms with Crippen LogP contribution in [-0.2, 0) is 4.79 Å². The van der Waals surface area contributed by atoms with Gasteiger partial charge in [0.25, 0.3) is 0 Å². The molecule has 1 aromatic rings. The molecule has 7 heteroatoms. The molecule has 104 valence electrons. The highest BCUT2D eigenvalue weighted by Crippen LogP contribution is 2.33. The van der Waals surface area contributed by atoms with Gasteiger partial charge in [0.15, 0.2) is 0 Å². The molecular formula is C12H18BrN5O. The molecule has 1 atom stereocenters. The van der Waals surface area contributed by atoms with Crippen LogP contribution in [0.25, 0.3) is 0 Å². The van der Waals surface area contributed by atoms with Crippen molar-refractivity contribution in [2.45, 2.75) is 32.2 Å². The van der Waals surface area contributed by atoms with Crippen LogP contribution in [0.3, 0.4) is 0 Å². The molecule has 1 fully saturated rings. The van der Waals surface area contributed by atoms with Crippen LogP contribution in [0.15, 0.2) is 10.8 Å². The van der Waals surface area contributed by atoms with Gasteiger partial charge < -0.3 is 16.0 Å².